The Bertz CT molecular complexity index is 3340. The summed E-state index contributed by atoms with van der Waals surface area (Å²) in [6.45, 7) is 9.37. The van der Waals surface area contributed by atoms with E-state index in [4.69, 9.17) is 59.8 Å². The predicted octanol–water partition coefficient (Wildman–Crippen LogP) is 13.7. The van der Waals surface area contributed by atoms with Crippen LogP contribution in [-0.2, 0) is 170 Å². The van der Waals surface area contributed by atoms with E-state index < -0.39 is 0 Å². The third-order valence-corrected chi connectivity index (χ3v) is 15.8. The van der Waals surface area contributed by atoms with Crippen LogP contribution in [-0.4, -0.2) is 72.6 Å². The van der Waals surface area contributed by atoms with Crippen LogP contribution in [0.4, 0.5) is 0 Å². The zero-order valence-electron chi connectivity index (χ0n) is 56.3. The van der Waals surface area contributed by atoms with Gasteiger partial charge in [-0.2, -0.15) is 0 Å². The average molecular weight is 1510 g/mol. The minimum Gasteiger partial charge on any atom is -0.494 e. The van der Waals surface area contributed by atoms with E-state index in [0.717, 1.165) is 122 Å². The van der Waals surface area contributed by atoms with Gasteiger partial charge in [-0.05, 0) is 192 Å². The Labute approximate surface area is 628 Å². The summed E-state index contributed by atoms with van der Waals surface area (Å²) in [6, 6.07) is 68.3. The number of unbranched alkanes of at least 4 members (excludes halogenated alkanes) is 3. The molecular formula is C78H83N13O3Zn4. The first-order valence-electron chi connectivity index (χ1n) is 32.5. The SMILES string of the molecule is NCCCCCCOc1cc(COc2cc(CN(Cc3ccccn3)Cc3ccccn3)cc(CN(Cc3ccccn3)Cc3ccccn3)c2)cc(COc2cc(CN(Cc3ccccn3)Cc3ccccn3)cc(CN(Cc3ccccn3)Cc3ccccn3)c2)c1.[Zn].[Zn].[Zn].[Zn]. The molecule has 0 unspecified atom stereocenters. The third-order valence-electron chi connectivity index (χ3n) is 15.8. The molecule has 20 heteroatoms. The number of ether oxygens (including phenoxy) is 3. The third kappa shape index (κ3) is 27.0. The van der Waals surface area contributed by atoms with Crippen molar-refractivity contribution in [3.8, 4) is 17.2 Å². The van der Waals surface area contributed by atoms with Crippen LogP contribution in [0.25, 0.3) is 0 Å². The van der Waals surface area contributed by atoms with Gasteiger partial charge in [0.15, 0.2) is 0 Å². The number of pyridine rings is 8. The Kier molecular flexibility index (Phi) is 34.3. The summed E-state index contributed by atoms with van der Waals surface area (Å²) in [5.74, 6) is 2.28. The van der Waals surface area contributed by atoms with E-state index in [9.17, 15) is 0 Å². The van der Waals surface area contributed by atoms with E-state index >= 15 is 0 Å². The fraction of sp³-hybridized carbons (Fsp3) is 0.256. The van der Waals surface area contributed by atoms with Gasteiger partial charge in [0.25, 0.3) is 0 Å². The van der Waals surface area contributed by atoms with E-state index in [-0.39, 0.29) is 91.1 Å². The molecule has 0 spiro atoms. The van der Waals surface area contributed by atoms with Crippen molar-refractivity contribution in [1.82, 2.24) is 59.5 Å². The van der Waals surface area contributed by atoms with Gasteiger partial charge in [-0.3, -0.25) is 59.5 Å². The molecule has 0 bridgehead atoms. The molecule has 11 aromatic rings. The summed E-state index contributed by atoms with van der Waals surface area (Å²) >= 11 is 0. The van der Waals surface area contributed by atoms with Gasteiger partial charge in [0, 0.05) is 206 Å². The van der Waals surface area contributed by atoms with Crippen LogP contribution >= 0.6 is 0 Å². The van der Waals surface area contributed by atoms with Crippen LogP contribution in [0.2, 0.25) is 0 Å². The maximum absolute atomic E-state index is 7.01. The minimum atomic E-state index is 0. The maximum Gasteiger partial charge on any atom is 0.120 e. The summed E-state index contributed by atoms with van der Waals surface area (Å²) in [4.78, 5) is 47.4. The smallest absolute Gasteiger partial charge is 0.120 e. The van der Waals surface area contributed by atoms with Gasteiger partial charge in [-0.1, -0.05) is 73.5 Å². The molecule has 0 aliphatic rings. The predicted molar refractivity (Wildman–Crippen MR) is 367 cm³/mol. The Balaban J connectivity index is 0.00000338. The number of rotatable bonds is 37. The molecule has 0 aliphatic carbocycles. The molecule has 0 radical (unpaired) electrons. The van der Waals surface area contributed by atoms with E-state index in [0.29, 0.717) is 91.7 Å². The molecule has 11 rings (SSSR count). The molecule has 2 N–H and O–H groups in total. The summed E-state index contributed by atoms with van der Waals surface area (Å²) in [5, 5.41) is 0. The Morgan fingerprint density at radius 3 is 0.704 bits per heavy atom. The van der Waals surface area contributed by atoms with Gasteiger partial charge in [0.05, 0.1) is 52.2 Å². The molecule has 0 aliphatic heterocycles. The first-order chi connectivity index (χ1) is 46.4. The minimum absolute atomic E-state index is 0. The van der Waals surface area contributed by atoms with Gasteiger partial charge in [0.2, 0.25) is 0 Å². The van der Waals surface area contributed by atoms with E-state index in [1.165, 1.54) is 0 Å². The molecule has 0 atom stereocenters. The van der Waals surface area contributed by atoms with Crippen molar-refractivity contribution < 1.29 is 92.1 Å². The molecule has 0 amide bonds. The van der Waals surface area contributed by atoms with Crippen LogP contribution in [0, 0.1) is 0 Å². The molecule has 8 aromatic heterocycles. The molecule has 0 saturated carbocycles. The quantitative estimate of drug-likeness (QED) is 0.0288. The summed E-state index contributed by atoms with van der Waals surface area (Å²) in [6.07, 6.45) is 18.8. The Hall–Kier alpha value is -7.45. The number of hydrogen-bond donors (Lipinski definition) is 1. The van der Waals surface area contributed by atoms with Crippen molar-refractivity contribution in [3.63, 3.8) is 0 Å². The standard InChI is InChI=1S/C78H83N13O3.4Zn/c79-29-11-1-2-20-38-92-76-46-66(60-93-77-42-62(48-88(52-68-21-3-12-30-80-68)53-69-22-4-13-31-81-69)39-63(43-77)49-89(54-70-23-5-14-32-82-70)55-71-24-6-15-33-83-71)41-67(47-76)61-94-78-44-64(50-90(56-72-25-7-16-34-84-72)57-73-26-8-17-35-85-73)40-65(45-78)51-91(58-74-27-9-18-36-86-74)59-75-28-10-19-37-87-75;;;;/h3-10,12-19,21-28,30-37,39-47H,1-2,11,20,29,38,48-61,79H2;;;;. The molecule has 486 valence electrons. The van der Waals surface area contributed by atoms with Gasteiger partial charge in [-0.25, -0.2) is 0 Å². The summed E-state index contributed by atoms with van der Waals surface area (Å²) < 4.78 is 20.6. The second kappa shape index (κ2) is 43.2. The van der Waals surface area contributed by atoms with Crippen molar-refractivity contribution in [2.24, 2.45) is 5.73 Å². The van der Waals surface area contributed by atoms with E-state index in [1.54, 1.807) is 0 Å². The van der Waals surface area contributed by atoms with Crippen LogP contribution in [0.5, 0.6) is 17.2 Å². The first kappa shape index (κ1) is 77.9. The molecule has 0 fully saturated rings. The van der Waals surface area contributed by atoms with Gasteiger partial charge < -0.3 is 19.9 Å². The van der Waals surface area contributed by atoms with Gasteiger partial charge in [0.1, 0.15) is 30.5 Å². The zero-order valence-corrected chi connectivity index (χ0v) is 68.2. The first-order valence-corrected chi connectivity index (χ1v) is 32.5. The van der Waals surface area contributed by atoms with Gasteiger partial charge in [-0.15, -0.1) is 0 Å². The second-order valence-electron chi connectivity index (χ2n) is 23.7. The van der Waals surface area contributed by atoms with Crippen molar-refractivity contribution in [3.05, 3.63) is 329 Å². The summed E-state index contributed by atoms with van der Waals surface area (Å²) in [5.41, 5.74) is 20.0. The zero-order chi connectivity index (χ0) is 64.0. The molecule has 0 saturated heterocycles. The van der Waals surface area contributed by atoms with E-state index in [1.807, 2.05) is 147 Å². The molecule has 98 heavy (non-hydrogen) atoms. The van der Waals surface area contributed by atoms with Crippen molar-refractivity contribution in [1.29, 1.82) is 0 Å². The van der Waals surface area contributed by atoms with Crippen molar-refractivity contribution >= 4 is 0 Å². The van der Waals surface area contributed by atoms with Gasteiger partial charge >= 0.3 is 0 Å². The van der Waals surface area contributed by atoms with E-state index in [2.05, 4.69) is 123 Å². The van der Waals surface area contributed by atoms with Crippen LogP contribution < -0.4 is 19.9 Å². The second-order valence-corrected chi connectivity index (χ2v) is 23.7. The Morgan fingerprint density at radius 2 is 0.469 bits per heavy atom. The van der Waals surface area contributed by atoms with Crippen molar-refractivity contribution in [2.45, 2.75) is 117 Å². The van der Waals surface area contributed by atoms with Crippen LogP contribution in [0.15, 0.2) is 250 Å². The maximum atomic E-state index is 7.01. The van der Waals surface area contributed by atoms with Crippen molar-refractivity contribution in [2.75, 3.05) is 13.2 Å². The molecular weight excluding hydrogens is 1430 g/mol. The number of nitrogens with zero attached hydrogens (tertiary/aromatic N) is 12. The fourth-order valence-corrected chi connectivity index (χ4v) is 11.6. The topological polar surface area (TPSA) is 170 Å². The molecule has 8 heterocycles. The summed E-state index contributed by atoms with van der Waals surface area (Å²) in [7, 11) is 0. The molecule has 3 aromatic carbocycles. The number of aromatic nitrogens is 8. The van der Waals surface area contributed by atoms with Crippen LogP contribution in [0.1, 0.15) is 105 Å². The number of benzene rings is 3. The molecule has 16 nitrogen and oxygen atoms in total. The monoisotopic (exact) mass is 1510 g/mol. The fourth-order valence-electron chi connectivity index (χ4n) is 11.6. The number of nitrogens with two attached hydrogens (primary N) is 1. The Morgan fingerprint density at radius 1 is 0.245 bits per heavy atom. The largest absolute Gasteiger partial charge is 0.494 e. The number of hydrogen-bond acceptors (Lipinski definition) is 16. The van der Waals surface area contributed by atoms with Crippen LogP contribution in [0.3, 0.4) is 0 Å². The average Bonchev–Trinajstić information content (AvgIpc) is 0.917. The normalized spacial score (nSPS) is 10.9.